The molecule has 6 heteroatoms. The highest BCUT2D eigenvalue weighted by Gasteiger charge is 2.47. The number of aliphatic carboxylic acids is 1. The number of hydrogen-bond donors (Lipinski definition) is 2. The normalized spacial score (nSPS) is 29.3. The minimum atomic E-state index is -0.899. The van der Waals surface area contributed by atoms with Gasteiger partial charge in [0.1, 0.15) is 6.04 Å². The van der Waals surface area contributed by atoms with Crippen LogP contribution in [0, 0.1) is 5.92 Å². The van der Waals surface area contributed by atoms with E-state index in [1.54, 1.807) is 16.7 Å². The summed E-state index contributed by atoms with van der Waals surface area (Å²) >= 11 is 1.60. The standard InChI is InChI=1S/C12H20N2O3S/c1-2-8(13)5-10(15)14-9(12(16)17)6-18-11(14)7-3-4-7/h7-9,11H,2-6,13H2,1H3,(H,16,17). The number of carboxylic acids is 1. The van der Waals surface area contributed by atoms with Gasteiger partial charge in [0.2, 0.25) is 5.91 Å². The first kappa shape index (κ1) is 13.7. The second-order valence-corrected chi connectivity index (χ2v) is 6.24. The van der Waals surface area contributed by atoms with Gasteiger partial charge in [-0.15, -0.1) is 11.8 Å². The molecule has 1 aliphatic carbocycles. The average molecular weight is 272 g/mol. The Kier molecular flexibility index (Phi) is 4.17. The maximum atomic E-state index is 12.2. The number of thioether (sulfide) groups is 1. The van der Waals surface area contributed by atoms with Crippen molar-refractivity contribution in [1.29, 1.82) is 0 Å². The third-order valence-electron chi connectivity index (χ3n) is 3.59. The van der Waals surface area contributed by atoms with E-state index < -0.39 is 12.0 Å². The number of nitrogens with zero attached hydrogens (tertiary/aromatic N) is 1. The molecule has 18 heavy (non-hydrogen) atoms. The van der Waals surface area contributed by atoms with Crippen LogP contribution in [-0.4, -0.2) is 45.1 Å². The Morgan fingerprint density at radius 1 is 1.50 bits per heavy atom. The number of amides is 1. The number of hydrogen-bond acceptors (Lipinski definition) is 4. The van der Waals surface area contributed by atoms with Crippen LogP contribution in [0.5, 0.6) is 0 Å². The Morgan fingerprint density at radius 3 is 2.67 bits per heavy atom. The Hall–Kier alpha value is -0.750. The van der Waals surface area contributed by atoms with E-state index in [1.165, 1.54) is 0 Å². The fourth-order valence-corrected chi connectivity index (χ4v) is 3.90. The lowest BCUT2D eigenvalue weighted by Gasteiger charge is -2.28. The van der Waals surface area contributed by atoms with E-state index >= 15 is 0 Å². The van der Waals surface area contributed by atoms with Crippen molar-refractivity contribution in [2.75, 3.05) is 5.75 Å². The smallest absolute Gasteiger partial charge is 0.327 e. The van der Waals surface area contributed by atoms with Crippen LogP contribution in [-0.2, 0) is 9.59 Å². The fourth-order valence-electron chi connectivity index (χ4n) is 2.25. The van der Waals surface area contributed by atoms with Crippen molar-refractivity contribution < 1.29 is 14.7 Å². The molecule has 1 amide bonds. The second-order valence-electron chi connectivity index (χ2n) is 5.09. The molecule has 2 aliphatic rings. The molecule has 0 spiro atoms. The quantitative estimate of drug-likeness (QED) is 0.776. The zero-order valence-electron chi connectivity index (χ0n) is 10.5. The molecule has 3 unspecified atom stereocenters. The van der Waals surface area contributed by atoms with Crippen molar-refractivity contribution in [2.24, 2.45) is 11.7 Å². The number of carbonyl (C=O) groups excluding carboxylic acids is 1. The van der Waals surface area contributed by atoms with Gasteiger partial charge in [-0.1, -0.05) is 6.92 Å². The Morgan fingerprint density at radius 2 is 2.17 bits per heavy atom. The Labute approximate surface area is 111 Å². The maximum absolute atomic E-state index is 12.2. The molecule has 1 heterocycles. The lowest BCUT2D eigenvalue weighted by molar-refractivity contribution is -0.149. The molecule has 102 valence electrons. The topological polar surface area (TPSA) is 83.6 Å². The lowest BCUT2D eigenvalue weighted by Crippen LogP contribution is -2.47. The lowest BCUT2D eigenvalue weighted by atomic mass is 10.1. The fraction of sp³-hybridized carbons (Fsp3) is 0.833. The van der Waals surface area contributed by atoms with Crippen molar-refractivity contribution in [2.45, 2.75) is 50.1 Å². The van der Waals surface area contributed by atoms with Crippen LogP contribution in [0.3, 0.4) is 0 Å². The van der Waals surface area contributed by atoms with Crippen LogP contribution in [0.4, 0.5) is 0 Å². The van der Waals surface area contributed by atoms with Gasteiger partial charge in [-0.3, -0.25) is 4.79 Å². The first-order valence-electron chi connectivity index (χ1n) is 6.45. The minimum absolute atomic E-state index is 0.0580. The predicted octanol–water partition coefficient (Wildman–Crippen LogP) is 0.879. The van der Waals surface area contributed by atoms with Gasteiger partial charge in [-0.2, -0.15) is 0 Å². The molecule has 2 fully saturated rings. The highest BCUT2D eigenvalue weighted by molar-refractivity contribution is 8.00. The molecule has 5 nitrogen and oxygen atoms in total. The summed E-state index contributed by atoms with van der Waals surface area (Å²) in [5.74, 6) is -0.00673. The van der Waals surface area contributed by atoms with E-state index in [0.29, 0.717) is 11.7 Å². The first-order chi connectivity index (χ1) is 8.54. The molecule has 1 saturated heterocycles. The molecule has 0 radical (unpaired) electrons. The summed E-state index contributed by atoms with van der Waals surface area (Å²) in [7, 11) is 0. The van der Waals surface area contributed by atoms with Crippen molar-refractivity contribution >= 4 is 23.6 Å². The molecular formula is C12H20N2O3S. The van der Waals surface area contributed by atoms with Gasteiger partial charge in [-0.25, -0.2) is 4.79 Å². The summed E-state index contributed by atoms with van der Waals surface area (Å²) in [5.41, 5.74) is 5.80. The van der Waals surface area contributed by atoms with E-state index in [0.717, 1.165) is 19.3 Å². The number of carbonyl (C=O) groups is 2. The van der Waals surface area contributed by atoms with Crippen LogP contribution < -0.4 is 5.73 Å². The van der Waals surface area contributed by atoms with Gasteiger partial charge in [0.25, 0.3) is 0 Å². The van der Waals surface area contributed by atoms with Crippen molar-refractivity contribution in [3.8, 4) is 0 Å². The van der Waals surface area contributed by atoms with E-state index in [4.69, 9.17) is 5.73 Å². The monoisotopic (exact) mass is 272 g/mol. The average Bonchev–Trinajstić information content (AvgIpc) is 3.06. The SMILES string of the molecule is CCC(N)CC(=O)N1C(C(=O)O)CSC1C1CC1. The summed E-state index contributed by atoms with van der Waals surface area (Å²) in [5, 5.41) is 9.26. The largest absolute Gasteiger partial charge is 0.480 e. The predicted molar refractivity (Wildman–Crippen MR) is 70.1 cm³/mol. The van der Waals surface area contributed by atoms with Crippen molar-refractivity contribution in [1.82, 2.24) is 4.90 Å². The molecule has 0 aromatic heterocycles. The molecule has 0 bridgehead atoms. The highest BCUT2D eigenvalue weighted by atomic mass is 32.2. The summed E-state index contributed by atoms with van der Waals surface area (Å²) < 4.78 is 0. The zero-order valence-corrected chi connectivity index (χ0v) is 11.4. The molecule has 0 aromatic rings. The molecule has 1 saturated carbocycles. The highest BCUT2D eigenvalue weighted by Crippen LogP contribution is 2.45. The molecule has 2 rings (SSSR count). The maximum Gasteiger partial charge on any atom is 0.327 e. The van der Waals surface area contributed by atoms with Crippen LogP contribution in [0.25, 0.3) is 0 Å². The van der Waals surface area contributed by atoms with E-state index in [1.807, 2.05) is 6.92 Å². The molecular weight excluding hydrogens is 252 g/mol. The van der Waals surface area contributed by atoms with Gasteiger partial charge in [-0.05, 0) is 25.2 Å². The first-order valence-corrected chi connectivity index (χ1v) is 7.50. The Balaban J connectivity index is 2.07. The van der Waals surface area contributed by atoms with Gasteiger partial charge < -0.3 is 15.7 Å². The van der Waals surface area contributed by atoms with Gasteiger partial charge in [0.15, 0.2) is 0 Å². The molecule has 3 atom stereocenters. The van der Waals surface area contributed by atoms with Gasteiger partial charge in [0, 0.05) is 18.2 Å². The van der Waals surface area contributed by atoms with Gasteiger partial charge in [0.05, 0.1) is 5.37 Å². The van der Waals surface area contributed by atoms with Crippen molar-refractivity contribution in [3.05, 3.63) is 0 Å². The minimum Gasteiger partial charge on any atom is -0.480 e. The third-order valence-corrected chi connectivity index (χ3v) is 5.06. The Bertz CT molecular complexity index is 346. The summed E-state index contributed by atoms with van der Waals surface area (Å²) in [6, 6.07) is -0.838. The number of rotatable bonds is 5. The number of carboxylic acid groups (broad SMARTS) is 1. The van der Waals surface area contributed by atoms with Crippen LogP contribution in [0.1, 0.15) is 32.6 Å². The van der Waals surface area contributed by atoms with Crippen molar-refractivity contribution in [3.63, 3.8) is 0 Å². The summed E-state index contributed by atoms with van der Waals surface area (Å²) in [6.07, 6.45) is 3.20. The summed E-state index contributed by atoms with van der Waals surface area (Å²) in [6.45, 7) is 1.93. The third kappa shape index (κ3) is 2.80. The molecule has 1 aliphatic heterocycles. The van der Waals surface area contributed by atoms with Crippen LogP contribution in [0.15, 0.2) is 0 Å². The molecule has 3 N–H and O–H groups in total. The molecule has 0 aromatic carbocycles. The van der Waals surface area contributed by atoms with Crippen LogP contribution in [0.2, 0.25) is 0 Å². The van der Waals surface area contributed by atoms with E-state index in [-0.39, 0.29) is 23.7 Å². The van der Waals surface area contributed by atoms with E-state index in [9.17, 15) is 14.7 Å². The van der Waals surface area contributed by atoms with Gasteiger partial charge >= 0.3 is 5.97 Å². The van der Waals surface area contributed by atoms with E-state index in [2.05, 4.69) is 0 Å². The second kappa shape index (κ2) is 5.48. The van der Waals surface area contributed by atoms with Crippen LogP contribution >= 0.6 is 11.8 Å². The zero-order chi connectivity index (χ0) is 13.3. The summed E-state index contributed by atoms with van der Waals surface area (Å²) in [4.78, 5) is 25.0. The number of nitrogens with two attached hydrogens (primary N) is 1.